The molecule has 7 nitrogen and oxygen atoms in total. The Bertz CT molecular complexity index is 828. The highest BCUT2D eigenvalue weighted by atomic mass is 16.5. The zero-order valence-corrected chi connectivity index (χ0v) is 15.4. The predicted octanol–water partition coefficient (Wildman–Crippen LogP) is 2.36. The molecule has 1 heterocycles. The zero-order valence-electron chi connectivity index (χ0n) is 15.4. The highest BCUT2D eigenvalue weighted by molar-refractivity contribution is 5.91. The maximum atomic E-state index is 12.2. The number of nitrogens with two attached hydrogens (primary N) is 1. The molecule has 3 rings (SSSR count). The lowest BCUT2D eigenvalue weighted by Gasteiger charge is -2.30. The van der Waals surface area contributed by atoms with E-state index in [0.717, 1.165) is 0 Å². The van der Waals surface area contributed by atoms with E-state index in [1.54, 1.807) is 29.2 Å². The SMILES string of the molecule is NC(=O)C1CCN(C(=O)COC(=O)c2ccc(Oc3ccccc3)cc2)CC1. The standard InChI is InChI=1S/C21H22N2O5/c22-20(25)15-10-12-23(13-11-15)19(24)14-27-21(26)16-6-8-18(9-7-16)28-17-4-2-1-3-5-17/h1-9,15H,10-14H2,(H2,22,25). The highest BCUT2D eigenvalue weighted by Crippen LogP contribution is 2.21. The van der Waals surface area contributed by atoms with Crippen LogP contribution in [0, 0.1) is 5.92 Å². The molecule has 0 radical (unpaired) electrons. The second kappa shape index (κ2) is 9.03. The van der Waals surface area contributed by atoms with Crippen molar-refractivity contribution in [2.24, 2.45) is 11.7 Å². The maximum Gasteiger partial charge on any atom is 0.338 e. The van der Waals surface area contributed by atoms with Crippen molar-refractivity contribution in [3.8, 4) is 11.5 Å². The average Bonchev–Trinajstić information content (AvgIpc) is 2.73. The molecule has 2 aromatic rings. The Morgan fingerprint density at radius 1 is 0.929 bits per heavy atom. The number of carbonyl (C=O) groups excluding carboxylic acids is 3. The van der Waals surface area contributed by atoms with Crippen LogP contribution in [-0.2, 0) is 14.3 Å². The van der Waals surface area contributed by atoms with Crippen LogP contribution in [0.15, 0.2) is 54.6 Å². The van der Waals surface area contributed by atoms with Gasteiger partial charge in [0.25, 0.3) is 5.91 Å². The summed E-state index contributed by atoms with van der Waals surface area (Å²) < 4.78 is 10.8. The number of amides is 2. The molecule has 0 aliphatic carbocycles. The van der Waals surface area contributed by atoms with Crippen LogP contribution in [0.1, 0.15) is 23.2 Å². The number of esters is 1. The first kappa shape index (κ1) is 19.4. The van der Waals surface area contributed by atoms with Crippen LogP contribution in [0.4, 0.5) is 0 Å². The first-order valence-electron chi connectivity index (χ1n) is 9.10. The van der Waals surface area contributed by atoms with E-state index >= 15 is 0 Å². The number of likely N-dealkylation sites (tertiary alicyclic amines) is 1. The number of primary amides is 1. The summed E-state index contributed by atoms with van der Waals surface area (Å²) in [6, 6.07) is 15.8. The molecule has 0 spiro atoms. The van der Waals surface area contributed by atoms with Gasteiger partial charge in [-0.2, -0.15) is 0 Å². The van der Waals surface area contributed by atoms with Crippen molar-refractivity contribution in [3.63, 3.8) is 0 Å². The van der Waals surface area contributed by atoms with Crippen molar-refractivity contribution < 1.29 is 23.9 Å². The van der Waals surface area contributed by atoms with Crippen molar-refractivity contribution in [1.82, 2.24) is 4.90 Å². The first-order chi connectivity index (χ1) is 13.5. The van der Waals surface area contributed by atoms with Crippen molar-refractivity contribution in [2.75, 3.05) is 19.7 Å². The van der Waals surface area contributed by atoms with E-state index in [4.69, 9.17) is 15.2 Å². The third-order valence-corrected chi connectivity index (χ3v) is 4.65. The molecule has 0 unspecified atom stereocenters. The van der Waals surface area contributed by atoms with Gasteiger partial charge in [0, 0.05) is 19.0 Å². The lowest BCUT2D eigenvalue weighted by atomic mass is 9.96. The van der Waals surface area contributed by atoms with E-state index < -0.39 is 5.97 Å². The molecule has 146 valence electrons. The van der Waals surface area contributed by atoms with E-state index in [-0.39, 0.29) is 24.3 Å². The first-order valence-corrected chi connectivity index (χ1v) is 9.10. The van der Waals surface area contributed by atoms with Crippen LogP contribution in [-0.4, -0.2) is 42.4 Å². The van der Waals surface area contributed by atoms with E-state index in [1.165, 1.54) is 0 Å². The Morgan fingerprint density at radius 3 is 2.14 bits per heavy atom. The molecule has 0 atom stereocenters. The molecule has 1 fully saturated rings. The van der Waals surface area contributed by atoms with Crippen molar-refractivity contribution in [3.05, 3.63) is 60.2 Å². The van der Waals surface area contributed by atoms with Gasteiger partial charge in [-0.1, -0.05) is 18.2 Å². The summed E-state index contributed by atoms with van der Waals surface area (Å²) in [6.45, 7) is 0.549. The zero-order chi connectivity index (χ0) is 19.9. The molecule has 7 heteroatoms. The number of nitrogens with zero attached hydrogens (tertiary/aromatic N) is 1. The number of hydrogen-bond acceptors (Lipinski definition) is 5. The fourth-order valence-corrected chi connectivity index (χ4v) is 3.00. The smallest absolute Gasteiger partial charge is 0.338 e. The summed E-state index contributed by atoms with van der Waals surface area (Å²) >= 11 is 0. The summed E-state index contributed by atoms with van der Waals surface area (Å²) in [5, 5.41) is 0. The van der Waals surface area contributed by atoms with Crippen molar-refractivity contribution in [2.45, 2.75) is 12.8 Å². The number of benzene rings is 2. The minimum absolute atomic E-state index is 0.191. The summed E-state index contributed by atoms with van der Waals surface area (Å²) in [6.07, 6.45) is 1.08. The summed E-state index contributed by atoms with van der Waals surface area (Å²) in [5.41, 5.74) is 5.62. The van der Waals surface area contributed by atoms with Gasteiger partial charge < -0.3 is 20.1 Å². The summed E-state index contributed by atoms with van der Waals surface area (Å²) in [7, 11) is 0. The number of para-hydroxylation sites is 1. The molecule has 0 bridgehead atoms. The van der Waals surface area contributed by atoms with Crippen LogP contribution >= 0.6 is 0 Å². The lowest BCUT2D eigenvalue weighted by molar-refractivity contribution is -0.137. The number of carbonyl (C=O) groups is 3. The van der Waals surface area contributed by atoms with E-state index in [0.29, 0.717) is 43.0 Å². The quantitative estimate of drug-likeness (QED) is 0.773. The normalized spacial score (nSPS) is 14.4. The Labute approximate surface area is 163 Å². The number of piperidine rings is 1. The molecular formula is C21H22N2O5. The van der Waals surface area contributed by atoms with Gasteiger partial charge in [0.15, 0.2) is 6.61 Å². The second-order valence-corrected chi connectivity index (χ2v) is 6.57. The van der Waals surface area contributed by atoms with Crippen LogP contribution in [0.3, 0.4) is 0 Å². The summed E-state index contributed by atoms with van der Waals surface area (Å²) in [5.74, 6) is -0.0898. The van der Waals surface area contributed by atoms with Gasteiger partial charge in [-0.3, -0.25) is 9.59 Å². The van der Waals surface area contributed by atoms with Crippen molar-refractivity contribution in [1.29, 1.82) is 0 Å². The molecule has 2 N–H and O–H groups in total. The molecule has 0 saturated carbocycles. The van der Waals surface area contributed by atoms with Crippen molar-refractivity contribution >= 4 is 17.8 Å². The average molecular weight is 382 g/mol. The Morgan fingerprint density at radius 2 is 1.54 bits per heavy atom. The van der Waals surface area contributed by atoms with Gasteiger partial charge in [-0.15, -0.1) is 0 Å². The van der Waals surface area contributed by atoms with E-state index in [2.05, 4.69) is 0 Å². The Kier molecular flexibility index (Phi) is 6.26. The van der Waals surface area contributed by atoms with Crippen LogP contribution in [0.2, 0.25) is 0 Å². The fourth-order valence-electron chi connectivity index (χ4n) is 3.00. The molecule has 0 aromatic heterocycles. The van der Waals surface area contributed by atoms with Crippen LogP contribution in [0.5, 0.6) is 11.5 Å². The van der Waals surface area contributed by atoms with Gasteiger partial charge in [-0.25, -0.2) is 4.79 Å². The monoisotopic (exact) mass is 382 g/mol. The fraction of sp³-hybridized carbons (Fsp3) is 0.286. The number of ether oxygens (including phenoxy) is 2. The second-order valence-electron chi connectivity index (χ2n) is 6.57. The van der Waals surface area contributed by atoms with Crippen LogP contribution in [0.25, 0.3) is 0 Å². The van der Waals surface area contributed by atoms with Gasteiger partial charge in [0.1, 0.15) is 11.5 Å². The molecule has 1 saturated heterocycles. The largest absolute Gasteiger partial charge is 0.457 e. The van der Waals surface area contributed by atoms with E-state index in [1.807, 2.05) is 30.3 Å². The molecule has 2 aromatic carbocycles. The number of hydrogen-bond donors (Lipinski definition) is 1. The van der Waals surface area contributed by atoms with E-state index in [9.17, 15) is 14.4 Å². The molecule has 2 amide bonds. The van der Waals surface area contributed by atoms with Gasteiger partial charge in [0.2, 0.25) is 5.91 Å². The molecule has 1 aliphatic heterocycles. The lowest BCUT2D eigenvalue weighted by Crippen LogP contribution is -2.43. The Hall–Kier alpha value is -3.35. The highest BCUT2D eigenvalue weighted by Gasteiger charge is 2.26. The molecule has 28 heavy (non-hydrogen) atoms. The minimum atomic E-state index is -0.577. The molecule has 1 aliphatic rings. The Balaban J connectivity index is 1.47. The third kappa shape index (κ3) is 5.09. The number of rotatable bonds is 6. The van der Waals surface area contributed by atoms with Gasteiger partial charge in [-0.05, 0) is 49.2 Å². The maximum absolute atomic E-state index is 12.2. The topological polar surface area (TPSA) is 98.9 Å². The summed E-state index contributed by atoms with van der Waals surface area (Å²) in [4.78, 5) is 37.1. The van der Waals surface area contributed by atoms with Gasteiger partial charge >= 0.3 is 5.97 Å². The third-order valence-electron chi connectivity index (χ3n) is 4.65. The van der Waals surface area contributed by atoms with Crippen LogP contribution < -0.4 is 10.5 Å². The minimum Gasteiger partial charge on any atom is -0.457 e. The van der Waals surface area contributed by atoms with Gasteiger partial charge in [0.05, 0.1) is 5.56 Å². The molecular weight excluding hydrogens is 360 g/mol. The predicted molar refractivity (Wildman–Crippen MR) is 102 cm³/mol.